The van der Waals surface area contributed by atoms with Gasteiger partial charge in [0.05, 0.1) is 6.54 Å². The van der Waals surface area contributed by atoms with E-state index >= 15 is 0 Å². The highest BCUT2D eigenvalue weighted by Gasteiger charge is 2.27. The molecule has 108 valence electrons. The van der Waals surface area contributed by atoms with Gasteiger partial charge in [-0.05, 0) is 35.7 Å². The van der Waals surface area contributed by atoms with Gasteiger partial charge in [-0.25, -0.2) is 4.79 Å². The molecule has 0 N–H and O–H groups in total. The van der Waals surface area contributed by atoms with Crippen LogP contribution in [0.25, 0.3) is 11.1 Å². The maximum Gasteiger partial charge on any atom is 0.410 e. The molecule has 1 aliphatic rings. The van der Waals surface area contributed by atoms with Crippen LogP contribution in [-0.2, 0) is 11.3 Å². The molecule has 3 nitrogen and oxygen atoms in total. The van der Waals surface area contributed by atoms with Crippen LogP contribution in [0.15, 0.2) is 48.5 Å². The summed E-state index contributed by atoms with van der Waals surface area (Å²) in [5.74, 6) is 0. The standard InChI is InChI=1S/C17H16ClNO2/c1-12-10-19(17(20)21-12)11-13-2-4-14(5-3-13)15-6-8-16(18)9-7-15/h2-9,12H,10-11H2,1H3/t12-/m1/s1. The van der Waals surface area contributed by atoms with Gasteiger partial charge in [-0.2, -0.15) is 0 Å². The Morgan fingerprint density at radius 3 is 2.19 bits per heavy atom. The van der Waals surface area contributed by atoms with E-state index in [4.69, 9.17) is 16.3 Å². The van der Waals surface area contributed by atoms with Crippen molar-refractivity contribution in [3.63, 3.8) is 0 Å². The number of nitrogens with zero attached hydrogens (tertiary/aromatic N) is 1. The minimum atomic E-state index is -0.232. The van der Waals surface area contributed by atoms with E-state index in [-0.39, 0.29) is 12.2 Å². The molecule has 1 saturated heterocycles. The maximum absolute atomic E-state index is 11.6. The fourth-order valence-electron chi connectivity index (χ4n) is 2.46. The molecule has 0 aliphatic carbocycles. The first-order chi connectivity index (χ1) is 10.1. The number of cyclic esters (lactones) is 1. The third-order valence-electron chi connectivity index (χ3n) is 3.54. The molecule has 0 saturated carbocycles. The molecule has 1 amide bonds. The SMILES string of the molecule is C[C@@H]1CN(Cc2ccc(-c3ccc(Cl)cc3)cc2)C(=O)O1. The van der Waals surface area contributed by atoms with E-state index in [1.807, 2.05) is 43.3 Å². The molecule has 0 spiro atoms. The van der Waals surface area contributed by atoms with E-state index in [0.29, 0.717) is 13.1 Å². The van der Waals surface area contributed by atoms with E-state index < -0.39 is 0 Å². The molecule has 1 atom stereocenters. The first-order valence-electron chi connectivity index (χ1n) is 6.92. The van der Waals surface area contributed by atoms with Gasteiger partial charge in [0.25, 0.3) is 0 Å². The van der Waals surface area contributed by atoms with Crippen LogP contribution in [-0.4, -0.2) is 23.6 Å². The van der Waals surface area contributed by atoms with Gasteiger partial charge in [0.2, 0.25) is 0 Å². The summed E-state index contributed by atoms with van der Waals surface area (Å²) in [6.07, 6.45) is -0.255. The van der Waals surface area contributed by atoms with E-state index in [1.54, 1.807) is 4.90 Å². The average molecular weight is 302 g/mol. The van der Waals surface area contributed by atoms with E-state index in [9.17, 15) is 4.79 Å². The average Bonchev–Trinajstić information content (AvgIpc) is 2.79. The number of ether oxygens (including phenoxy) is 1. The highest BCUT2D eigenvalue weighted by atomic mass is 35.5. The first kappa shape index (κ1) is 14.0. The Morgan fingerprint density at radius 1 is 1.10 bits per heavy atom. The smallest absolute Gasteiger partial charge is 0.410 e. The summed E-state index contributed by atoms with van der Waals surface area (Å²) in [6.45, 7) is 3.14. The number of halogens is 1. The molecule has 0 unspecified atom stereocenters. The van der Waals surface area contributed by atoms with Crippen molar-refractivity contribution in [2.24, 2.45) is 0 Å². The van der Waals surface area contributed by atoms with Gasteiger partial charge in [-0.1, -0.05) is 48.0 Å². The quantitative estimate of drug-likeness (QED) is 0.843. The molecule has 0 bridgehead atoms. The Hall–Kier alpha value is -2.00. The summed E-state index contributed by atoms with van der Waals surface area (Å²) >= 11 is 5.90. The van der Waals surface area contributed by atoms with Gasteiger partial charge in [-0.15, -0.1) is 0 Å². The molecule has 4 heteroatoms. The van der Waals surface area contributed by atoms with Crippen LogP contribution in [0.4, 0.5) is 4.79 Å². The zero-order valence-corrected chi connectivity index (χ0v) is 12.5. The van der Waals surface area contributed by atoms with Crippen molar-refractivity contribution in [3.8, 4) is 11.1 Å². The van der Waals surface area contributed by atoms with Crippen LogP contribution in [0.5, 0.6) is 0 Å². The molecule has 0 aromatic heterocycles. The number of amides is 1. The van der Waals surface area contributed by atoms with E-state index in [0.717, 1.165) is 21.7 Å². The van der Waals surface area contributed by atoms with Crippen molar-refractivity contribution in [2.45, 2.75) is 19.6 Å². The molecule has 1 fully saturated rings. The topological polar surface area (TPSA) is 29.5 Å². The van der Waals surface area contributed by atoms with Gasteiger partial charge in [-0.3, -0.25) is 0 Å². The monoisotopic (exact) mass is 301 g/mol. The predicted octanol–water partition coefficient (Wildman–Crippen LogP) is 4.35. The Labute approximate surface area is 129 Å². The summed E-state index contributed by atoms with van der Waals surface area (Å²) in [6, 6.07) is 16.0. The van der Waals surface area contributed by atoms with Crippen LogP contribution < -0.4 is 0 Å². The van der Waals surface area contributed by atoms with Crippen LogP contribution in [0, 0.1) is 0 Å². The van der Waals surface area contributed by atoms with Crippen molar-refractivity contribution in [2.75, 3.05) is 6.54 Å². The van der Waals surface area contributed by atoms with Crippen LogP contribution in [0.3, 0.4) is 0 Å². The third-order valence-corrected chi connectivity index (χ3v) is 3.79. The molecule has 0 radical (unpaired) electrons. The first-order valence-corrected chi connectivity index (χ1v) is 7.30. The second-order valence-electron chi connectivity index (χ2n) is 5.28. The summed E-state index contributed by atoms with van der Waals surface area (Å²) in [5, 5.41) is 0.733. The van der Waals surface area contributed by atoms with Crippen molar-refractivity contribution in [1.29, 1.82) is 0 Å². The number of rotatable bonds is 3. The lowest BCUT2D eigenvalue weighted by Gasteiger charge is -2.13. The van der Waals surface area contributed by atoms with Gasteiger partial charge in [0.1, 0.15) is 6.10 Å². The molecule has 2 aromatic rings. The summed E-state index contributed by atoms with van der Waals surface area (Å²) in [5.41, 5.74) is 3.35. The van der Waals surface area contributed by atoms with Crippen molar-refractivity contribution in [3.05, 3.63) is 59.1 Å². The Bertz CT molecular complexity index is 637. The fraction of sp³-hybridized carbons (Fsp3) is 0.235. The Morgan fingerprint density at radius 2 is 1.67 bits per heavy atom. The minimum absolute atomic E-state index is 0.0224. The minimum Gasteiger partial charge on any atom is -0.444 e. The lowest BCUT2D eigenvalue weighted by molar-refractivity contribution is 0.137. The third kappa shape index (κ3) is 3.19. The molecule has 2 aromatic carbocycles. The number of carbonyl (C=O) groups is 1. The van der Waals surface area contributed by atoms with Crippen molar-refractivity contribution < 1.29 is 9.53 Å². The number of hydrogen-bond donors (Lipinski definition) is 0. The molecular weight excluding hydrogens is 286 g/mol. The summed E-state index contributed by atoms with van der Waals surface area (Å²) in [4.78, 5) is 13.3. The normalized spacial score (nSPS) is 17.9. The van der Waals surface area contributed by atoms with Crippen molar-refractivity contribution in [1.82, 2.24) is 4.90 Å². The predicted molar refractivity (Wildman–Crippen MR) is 83.2 cm³/mol. The van der Waals surface area contributed by atoms with E-state index in [2.05, 4.69) is 12.1 Å². The lowest BCUT2D eigenvalue weighted by atomic mass is 10.0. The highest BCUT2D eigenvalue weighted by Crippen LogP contribution is 2.23. The molecular formula is C17H16ClNO2. The second-order valence-corrected chi connectivity index (χ2v) is 5.72. The van der Waals surface area contributed by atoms with Gasteiger partial charge in [0.15, 0.2) is 0 Å². The second kappa shape index (κ2) is 5.78. The molecule has 1 heterocycles. The summed E-state index contributed by atoms with van der Waals surface area (Å²) in [7, 11) is 0. The van der Waals surface area contributed by atoms with Gasteiger partial charge in [0, 0.05) is 11.6 Å². The lowest BCUT2D eigenvalue weighted by Crippen LogP contribution is -2.24. The van der Waals surface area contributed by atoms with Gasteiger partial charge < -0.3 is 9.64 Å². The largest absolute Gasteiger partial charge is 0.444 e. The zero-order chi connectivity index (χ0) is 14.8. The van der Waals surface area contributed by atoms with Crippen LogP contribution in [0.1, 0.15) is 12.5 Å². The van der Waals surface area contributed by atoms with Crippen LogP contribution >= 0.6 is 11.6 Å². The summed E-state index contributed by atoms with van der Waals surface area (Å²) < 4.78 is 5.12. The number of benzene rings is 2. The Kier molecular flexibility index (Phi) is 3.84. The zero-order valence-electron chi connectivity index (χ0n) is 11.8. The molecule has 3 rings (SSSR count). The van der Waals surface area contributed by atoms with Crippen LogP contribution in [0.2, 0.25) is 5.02 Å². The molecule has 1 aliphatic heterocycles. The molecule has 21 heavy (non-hydrogen) atoms. The fourth-order valence-corrected chi connectivity index (χ4v) is 2.59. The van der Waals surface area contributed by atoms with Gasteiger partial charge >= 0.3 is 6.09 Å². The number of carbonyl (C=O) groups excluding carboxylic acids is 1. The maximum atomic E-state index is 11.6. The van der Waals surface area contributed by atoms with Crippen molar-refractivity contribution >= 4 is 17.7 Å². The number of hydrogen-bond acceptors (Lipinski definition) is 2. The van der Waals surface area contributed by atoms with E-state index in [1.165, 1.54) is 0 Å². The Balaban J connectivity index is 1.72. The highest BCUT2D eigenvalue weighted by molar-refractivity contribution is 6.30.